The summed E-state index contributed by atoms with van der Waals surface area (Å²) in [5, 5.41) is 10.6. The van der Waals surface area contributed by atoms with Crippen LogP contribution in [-0.2, 0) is 0 Å². The molecule has 0 saturated carbocycles. The molecular weight excluding hydrogens is 218 g/mol. The normalized spacial score (nSPS) is 24.7. The van der Waals surface area contributed by atoms with Crippen LogP contribution in [0.5, 0.6) is 0 Å². The molecule has 2 heterocycles. The molecule has 5 nitrogen and oxygen atoms in total. The minimum absolute atomic E-state index is 0.0476. The van der Waals surface area contributed by atoms with Crippen molar-refractivity contribution >= 4 is 11.5 Å². The van der Waals surface area contributed by atoms with E-state index in [0.717, 1.165) is 18.8 Å². The quantitative estimate of drug-likeness (QED) is 0.584. The number of nitrogens with zero attached hydrogens (tertiary/aromatic N) is 3. The summed E-state index contributed by atoms with van der Waals surface area (Å²) in [6.07, 6.45) is 3.73. The van der Waals surface area contributed by atoms with E-state index in [4.69, 9.17) is 0 Å². The average Bonchev–Trinajstić information content (AvgIpc) is 2.32. The molecule has 0 N–H and O–H groups in total. The van der Waals surface area contributed by atoms with Gasteiger partial charge < -0.3 is 4.90 Å². The first-order chi connectivity index (χ1) is 8.08. The Hall–Kier alpha value is -1.65. The zero-order chi connectivity index (χ0) is 12.4. The first kappa shape index (κ1) is 11.8. The minimum atomic E-state index is -0.418. The lowest BCUT2D eigenvalue weighted by atomic mass is 9.95. The van der Waals surface area contributed by atoms with Crippen molar-refractivity contribution in [2.24, 2.45) is 5.92 Å². The lowest BCUT2D eigenvalue weighted by Crippen LogP contribution is -2.41. The number of nitro groups is 1. The van der Waals surface area contributed by atoms with Crippen LogP contribution in [0.15, 0.2) is 18.3 Å². The maximum absolute atomic E-state index is 10.6. The van der Waals surface area contributed by atoms with Crippen molar-refractivity contribution in [1.29, 1.82) is 0 Å². The van der Waals surface area contributed by atoms with E-state index in [1.54, 1.807) is 6.07 Å². The molecular formula is C12H17N3O2. The van der Waals surface area contributed by atoms with Gasteiger partial charge in [-0.1, -0.05) is 6.92 Å². The van der Waals surface area contributed by atoms with E-state index in [9.17, 15) is 10.1 Å². The second-order valence-corrected chi connectivity index (χ2v) is 4.82. The molecule has 0 aliphatic carbocycles. The van der Waals surface area contributed by atoms with Gasteiger partial charge in [0.1, 0.15) is 12.0 Å². The second kappa shape index (κ2) is 4.69. The van der Waals surface area contributed by atoms with Gasteiger partial charge in [-0.05, 0) is 31.7 Å². The van der Waals surface area contributed by atoms with E-state index >= 15 is 0 Å². The van der Waals surface area contributed by atoms with Crippen LogP contribution in [-0.4, -0.2) is 22.5 Å². The SMILES string of the molecule is CC1CCC(C)N(c2ccc([N+](=O)[O-])cn2)C1. The first-order valence-corrected chi connectivity index (χ1v) is 5.95. The predicted molar refractivity (Wildman–Crippen MR) is 66.1 cm³/mol. The van der Waals surface area contributed by atoms with Crippen LogP contribution in [0.2, 0.25) is 0 Å². The zero-order valence-electron chi connectivity index (χ0n) is 10.2. The maximum atomic E-state index is 10.6. The van der Waals surface area contributed by atoms with E-state index in [-0.39, 0.29) is 5.69 Å². The fourth-order valence-corrected chi connectivity index (χ4v) is 2.26. The summed E-state index contributed by atoms with van der Waals surface area (Å²) in [6, 6.07) is 3.72. The van der Waals surface area contributed by atoms with Gasteiger partial charge in [0.25, 0.3) is 5.69 Å². The molecule has 0 aromatic carbocycles. The number of rotatable bonds is 2. The van der Waals surface area contributed by atoms with Crippen LogP contribution in [0.3, 0.4) is 0 Å². The summed E-state index contributed by atoms with van der Waals surface area (Å²) in [7, 11) is 0. The number of hydrogen-bond acceptors (Lipinski definition) is 4. The van der Waals surface area contributed by atoms with Crippen molar-refractivity contribution in [1.82, 2.24) is 4.98 Å². The average molecular weight is 235 g/mol. The minimum Gasteiger partial charge on any atom is -0.354 e. The van der Waals surface area contributed by atoms with E-state index in [1.807, 2.05) is 0 Å². The van der Waals surface area contributed by atoms with E-state index < -0.39 is 4.92 Å². The van der Waals surface area contributed by atoms with Crippen LogP contribution in [0.25, 0.3) is 0 Å². The molecule has 0 spiro atoms. The smallest absolute Gasteiger partial charge is 0.287 e. The predicted octanol–water partition coefficient (Wildman–Crippen LogP) is 2.61. The van der Waals surface area contributed by atoms with Crippen LogP contribution in [0.1, 0.15) is 26.7 Å². The lowest BCUT2D eigenvalue weighted by molar-refractivity contribution is -0.385. The Labute approximate surface area is 101 Å². The van der Waals surface area contributed by atoms with Crippen LogP contribution < -0.4 is 4.90 Å². The summed E-state index contributed by atoms with van der Waals surface area (Å²) >= 11 is 0. The number of anilines is 1. The Morgan fingerprint density at radius 3 is 2.76 bits per heavy atom. The van der Waals surface area contributed by atoms with Crippen LogP contribution in [0.4, 0.5) is 11.5 Å². The molecule has 0 bridgehead atoms. The fraction of sp³-hybridized carbons (Fsp3) is 0.583. The van der Waals surface area contributed by atoms with Crippen molar-refractivity contribution in [3.8, 4) is 0 Å². The first-order valence-electron chi connectivity index (χ1n) is 5.95. The number of pyridine rings is 1. The molecule has 2 atom stereocenters. The van der Waals surface area contributed by atoms with E-state index in [2.05, 4.69) is 23.7 Å². The topological polar surface area (TPSA) is 59.3 Å². The van der Waals surface area contributed by atoms with Crippen molar-refractivity contribution in [2.75, 3.05) is 11.4 Å². The molecule has 2 rings (SSSR count). The molecule has 5 heteroatoms. The van der Waals surface area contributed by atoms with Crippen molar-refractivity contribution < 1.29 is 4.92 Å². The molecule has 17 heavy (non-hydrogen) atoms. The molecule has 0 amide bonds. The Morgan fingerprint density at radius 2 is 2.18 bits per heavy atom. The summed E-state index contributed by atoms with van der Waals surface area (Å²) in [5.74, 6) is 1.50. The summed E-state index contributed by atoms with van der Waals surface area (Å²) in [6.45, 7) is 5.38. The van der Waals surface area contributed by atoms with Crippen LogP contribution in [0, 0.1) is 16.0 Å². The molecule has 1 saturated heterocycles. The Morgan fingerprint density at radius 1 is 1.41 bits per heavy atom. The highest BCUT2D eigenvalue weighted by atomic mass is 16.6. The zero-order valence-corrected chi connectivity index (χ0v) is 10.2. The van der Waals surface area contributed by atoms with Gasteiger partial charge in [-0.2, -0.15) is 0 Å². The number of aromatic nitrogens is 1. The Balaban J connectivity index is 2.18. The standard InChI is InChI=1S/C12H17N3O2/c1-9-3-4-10(2)14(8-9)12-6-5-11(7-13-12)15(16)17/h5-7,9-10H,3-4,8H2,1-2H3. The largest absolute Gasteiger partial charge is 0.354 e. The monoisotopic (exact) mass is 235 g/mol. The Bertz CT molecular complexity index is 405. The summed E-state index contributed by atoms with van der Waals surface area (Å²) in [4.78, 5) is 16.6. The molecule has 1 aliphatic heterocycles. The Kier molecular flexibility index (Phi) is 3.26. The van der Waals surface area contributed by atoms with Crippen molar-refractivity contribution in [3.63, 3.8) is 0 Å². The fourth-order valence-electron chi connectivity index (χ4n) is 2.26. The second-order valence-electron chi connectivity index (χ2n) is 4.82. The van der Waals surface area contributed by atoms with Gasteiger partial charge in [-0.15, -0.1) is 0 Å². The van der Waals surface area contributed by atoms with Crippen LogP contribution >= 0.6 is 0 Å². The third-order valence-electron chi connectivity index (χ3n) is 3.36. The molecule has 92 valence electrons. The maximum Gasteiger partial charge on any atom is 0.287 e. The van der Waals surface area contributed by atoms with Crippen molar-refractivity contribution in [2.45, 2.75) is 32.7 Å². The number of hydrogen-bond donors (Lipinski definition) is 0. The van der Waals surface area contributed by atoms with Gasteiger partial charge in [0.2, 0.25) is 0 Å². The van der Waals surface area contributed by atoms with Gasteiger partial charge in [0, 0.05) is 18.7 Å². The lowest BCUT2D eigenvalue weighted by Gasteiger charge is -2.37. The molecule has 1 aromatic heterocycles. The molecule has 1 aromatic rings. The molecule has 0 radical (unpaired) electrons. The third-order valence-corrected chi connectivity index (χ3v) is 3.36. The number of piperidine rings is 1. The van der Waals surface area contributed by atoms with Gasteiger partial charge >= 0.3 is 0 Å². The molecule has 2 unspecified atom stereocenters. The van der Waals surface area contributed by atoms with E-state index in [1.165, 1.54) is 18.7 Å². The van der Waals surface area contributed by atoms with Gasteiger partial charge in [0.05, 0.1) is 4.92 Å². The highest BCUT2D eigenvalue weighted by Crippen LogP contribution is 2.26. The van der Waals surface area contributed by atoms with Crippen molar-refractivity contribution in [3.05, 3.63) is 28.4 Å². The highest BCUT2D eigenvalue weighted by molar-refractivity contribution is 5.44. The highest BCUT2D eigenvalue weighted by Gasteiger charge is 2.24. The van der Waals surface area contributed by atoms with Gasteiger partial charge in [-0.25, -0.2) is 4.98 Å². The summed E-state index contributed by atoms with van der Waals surface area (Å²) in [5.41, 5.74) is 0.0476. The third kappa shape index (κ3) is 2.54. The summed E-state index contributed by atoms with van der Waals surface area (Å²) < 4.78 is 0. The molecule has 1 fully saturated rings. The van der Waals surface area contributed by atoms with Gasteiger partial charge in [0.15, 0.2) is 0 Å². The van der Waals surface area contributed by atoms with Gasteiger partial charge in [-0.3, -0.25) is 10.1 Å². The van der Waals surface area contributed by atoms with E-state index in [0.29, 0.717) is 12.0 Å². The molecule has 1 aliphatic rings.